The molecule has 0 bridgehead atoms. The molecule has 0 heteroatoms. The predicted octanol–water partition coefficient (Wildman–Crippen LogP) is 6.49. The molecule has 0 radical (unpaired) electrons. The molecule has 2 rings (SSSR count). The molecule has 0 nitrogen and oxygen atoms in total. The number of rotatable bonds is 7. The summed E-state index contributed by atoms with van der Waals surface area (Å²) < 4.78 is 0. The lowest BCUT2D eigenvalue weighted by Gasteiger charge is -2.26. The molecule has 108 valence electrons. The monoisotopic (exact) mass is 268 g/mol. The highest BCUT2D eigenvalue weighted by molar-refractivity contribution is 5.78. The van der Waals surface area contributed by atoms with Gasteiger partial charge in [0.15, 0.2) is 0 Å². The van der Waals surface area contributed by atoms with Crippen LogP contribution in [0.4, 0.5) is 0 Å². The van der Waals surface area contributed by atoms with Gasteiger partial charge in [-0.2, -0.15) is 0 Å². The summed E-state index contributed by atoms with van der Waals surface area (Å²) in [4.78, 5) is 0. The van der Waals surface area contributed by atoms with E-state index in [-0.39, 0.29) is 0 Å². The normalized spacial score (nSPS) is 17.8. The van der Waals surface area contributed by atoms with Crippen LogP contribution in [0.5, 0.6) is 0 Å². The Kier molecular flexibility index (Phi) is 5.64. The zero-order valence-electron chi connectivity index (χ0n) is 13.1. The predicted molar refractivity (Wildman–Crippen MR) is 90.0 cm³/mol. The molecule has 1 unspecified atom stereocenters. The minimum absolute atomic E-state index is 0.614. The Morgan fingerprint density at radius 1 is 1.00 bits per heavy atom. The van der Waals surface area contributed by atoms with E-state index >= 15 is 0 Å². The molecule has 0 fully saturated rings. The van der Waals surface area contributed by atoms with Crippen LogP contribution >= 0.6 is 0 Å². The van der Waals surface area contributed by atoms with E-state index in [9.17, 15) is 0 Å². The average Bonchev–Trinajstić information content (AvgIpc) is 2.45. The van der Waals surface area contributed by atoms with Gasteiger partial charge >= 0.3 is 0 Å². The molecule has 0 aromatic heterocycles. The second-order valence-corrected chi connectivity index (χ2v) is 6.11. The third kappa shape index (κ3) is 3.62. The van der Waals surface area contributed by atoms with Crippen molar-refractivity contribution in [2.75, 3.05) is 0 Å². The van der Waals surface area contributed by atoms with Gasteiger partial charge in [-0.15, -0.1) is 0 Å². The van der Waals surface area contributed by atoms with E-state index in [1.54, 1.807) is 0 Å². The second kappa shape index (κ2) is 7.47. The van der Waals surface area contributed by atoms with E-state index in [0.29, 0.717) is 5.92 Å². The van der Waals surface area contributed by atoms with Gasteiger partial charge in [0, 0.05) is 5.92 Å². The molecule has 1 atom stereocenters. The largest absolute Gasteiger partial charge is 0.0912 e. The molecule has 1 aromatic carbocycles. The number of benzene rings is 1. The molecule has 0 spiro atoms. The van der Waals surface area contributed by atoms with Gasteiger partial charge in [0.05, 0.1) is 0 Å². The fourth-order valence-corrected chi connectivity index (χ4v) is 3.30. The van der Waals surface area contributed by atoms with Crippen molar-refractivity contribution in [2.45, 2.75) is 64.7 Å². The third-order valence-corrected chi connectivity index (χ3v) is 4.48. The van der Waals surface area contributed by atoms with Crippen LogP contribution < -0.4 is 0 Å². The van der Waals surface area contributed by atoms with Crippen molar-refractivity contribution in [3.8, 4) is 0 Å². The van der Waals surface area contributed by atoms with Crippen molar-refractivity contribution in [1.82, 2.24) is 0 Å². The minimum Gasteiger partial charge on any atom is -0.0912 e. The van der Waals surface area contributed by atoms with E-state index in [1.807, 2.05) is 0 Å². The van der Waals surface area contributed by atoms with Gasteiger partial charge in [0.2, 0.25) is 0 Å². The van der Waals surface area contributed by atoms with Crippen molar-refractivity contribution in [3.63, 3.8) is 0 Å². The van der Waals surface area contributed by atoms with Crippen LogP contribution in [0.25, 0.3) is 5.57 Å². The van der Waals surface area contributed by atoms with Crippen molar-refractivity contribution in [3.05, 3.63) is 53.6 Å². The first-order chi connectivity index (χ1) is 9.74. The number of unbranched alkanes of at least 4 members (excludes halogenated alkanes) is 5. The first-order valence-electron chi connectivity index (χ1n) is 8.20. The van der Waals surface area contributed by atoms with Gasteiger partial charge in [-0.25, -0.2) is 0 Å². The van der Waals surface area contributed by atoms with Crippen LogP contribution in [-0.2, 0) is 0 Å². The van der Waals surface area contributed by atoms with Gasteiger partial charge in [-0.1, -0.05) is 87.9 Å². The third-order valence-electron chi connectivity index (χ3n) is 4.48. The highest BCUT2D eigenvalue weighted by atomic mass is 14.3. The average molecular weight is 268 g/mol. The highest BCUT2D eigenvalue weighted by Crippen LogP contribution is 2.39. The van der Waals surface area contributed by atoms with Crippen LogP contribution in [0.15, 0.2) is 42.5 Å². The summed E-state index contributed by atoms with van der Waals surface area (Å²) >= 11 is 0. The maximum atomic E-state index is 4.19. The Bertz CT molecular complexity index is 479. The van der Waals surface area contributed by atoms with Gasteiger partial charge in [-0.3, -0.25) is 0 Å². The zero-order valence-corrected chi connectivity index (χ0v) is 13.1. The van der Waals surface area contributed by atoms with Crippen LogP contribution in [0.2, 0.25) is 0 Å². The summed E-state index contributed by atoms with van der Waals surface area (Å²) in [5, 5.41) is 0. The van der Waals surface area contributed by atoms with E-state index in [1.165, 1.54) is 67.2 Å². The van der Waals surface area contributed by atoms with Crippen molar-refractivity contribution in [1.29, 1.82) is 0 Å². The highest BCUT2D eigenvalue weighted by Gasteiger charge is 2.21. The van der Waals surface area contributed by atoms with Crippen LogP contribution in [0.1, 0.15) is 75.8 Å². The summed E-state index contributed by atoms with van der Waals surface area (Å²) in [5.74, 6) is 0.614. The molecule has 0 saturated carbocycles. The number of fused-ring (bicyclic) bond motifs is 1. The summed E-state index contributed by atoms with van der Waals surface area (Å²) in [6.45, 7) is 8.74. The maximum Gasteiger partial charge on any atom is 0.00548 e. The lowest BCUT2D eigenvalue weighted by atomic mass is 9.78. The summed E-state index contributed by atoms with van der Waals surface area (Å²) in [6, 6.07) is 8.80. The fourth-order valence-electron chi connectivity index (χ4n) is 3.30. The van der Waals surface area contributed by atoms with Crippen LogP contribution in [0, 0.1) is 0 Å². The zero-order chi connectivity index (χ0) is 14.4. The lowest BCUT2D eigenvalue weighted by Crippen LogP contribution is -2.08. The maximum absolute atomic E-state index is 4.19. The Balaban J connectivity index is 1.93. The Morgan fingerprint density at radius 3 is 2.50 bits per heavy atom. The smallest absolute Gasteiger partial charge is 0.00548 e. The molecule has 1 aromatic rings. The summed E-state index contributed by atoms with van der Waals surface area (Å²) in [7, 11) is 0. The quantitative estimate of drug-likeness (QED) is 0.495. The number of allylic oxidation sites excluding steroid dienone is 3. The molecule has 0 heterocycles. The molecular weight excluding hydrogens is 240 g/mol. The number of hydrogen-bond acceptors (Lipinski definition) is 0. The molecule has 1 aliphatic carbocycles. The Labute approximate surface area is 124 Å². The van der Waals surface area contributed by atoms with Crippen LogP contribution in [-0.4, -0.2) is 0 Å². The van der Waals surface area contributed by atoms with E-state index in [0.717, 1.165) is 0 Å². The van der Waals surface area contributed by atoms with Gasteiger partial charge < -0.3 is 0 Å². The minimum atomic E-state index is 0.614. The Morgan fingerprint density at radius 2 is 1.70 bits per heavy atom. The molecule has 0 saturated heterocycles. The summed E-state index contributed by atoms with van der Waals surface area (Å²) in [5.41, 5.74) is 5.51. The first-order valence-corrected chi connectivity index (χ1v) is 8.20. The topological polar surface area (TPSA) is 0 Å². The van der Waals surface area contributed by atoms with Crippen molar-refractivity contribution >= 4 is 5.57 Å². The molecule has 0 aliphatic heterocycles. The second-order valence-electron chi connectivity index (χ2n) is 6.11. The Hall–Kier alpha value is -1.30. The van der Waals surface area contributed by atoms with Crippen molar-refractivity contribution < 1.29 is 0 Å². The molecule has 1 aliphatic rings. The molecular formula is C20H28. The van der Waals surface area contributed by atoms with Crippen molar-refractivity contribution in [2.24, 2.45) is 0 Å². The molecule has 0 amide bonds. The lowest BCUT2D eigenvalue weighted by molar-refractivity contribution is 0.564. The SMILES string of the molecule is C=C1C=C(C)C(CCCCCCCC)c2ccccc21. The fraction of sp³-hybridized carbons (Fsp3) is 0.500. The van der Waals surface area contributed by atoms with E-state index in [4.69, 9.17) is 0 Å². The first kappa shape index (κ1) is 15.1. The van der Waals surface area contributed by atoms with Gasteiger partial charge in [0.25, 0.3) is 0 Å². The van der Waals surface area contributed by atoms with Gasteiger partial charge in [-0.05, 0) is 30.0 Å². The molecule has 0 N–H and O–H groups in total. The summed E-state index contributed by atoms with van der Waals surface area (Å²) in [6.07, 6.45) is 11.8. The van der Waals surface area contributed by atoms with E-state index < -0.39 is 0 Å². The standard InChI is InChI=1S/C20H28/c1-4-5-6-7-8-9-12-18-16(2)15-17(3)19-13-10-11-14-20(18)19/h10-11,13-15,18H,3-9,12H2,1-2H3. The number of hydrogen-bond donors (Lipinski definition) is 0. The van der Waals surface area contributed by atoms with Crippen LogP contribution in [0.3, 0.4) is 0 Å². The molecule has 20 heavy (non-hydrogen) atoms. The van der Waals surface area contributed by atoms with Gasteiger partial charge in [0.1, 0.15) is 0 Å². The van der Waals surface area contributed by atoms with E-state index in [2.05, 4.69) is 50.8 Å².